The maximum Gasteiger partial charge on any atom is 0.320 e. The highest BCUT2D eigenvalue weighted by Gasteiger charge is 2.30. The molecule has 2 atom stereocenters. The Morgan fingerprint density at radius 3 is 2.85 bits per heavy atom. The number of aryl methyl sites for hydroxylation is 2. The highest BCUT2D eigenvalue weighted by Crippen LogP contribution is 2.29. The van der Waals surface area contributed by atoms with Gasteiger partial charge in [0.2, 0.25) is 0 Å². The van der Waals surface area contributed by atoms with Gasteiger partial charge in [-0.3, -0.25) is 9.59 Å². The number of thiophene rings is 1. The predicted octanol–water partition coefficient (Wildman–Crippen LogP) is 1.17. The van der Waals surface area contributed by atoms with Gasteiger partial charge in [-0.1, -0.05) is 0 Å². The molecule has 0 spiro atoms. The van der Waals surface area contributed by atoms with Crippen LogP contribution in [0.1, 0.15) is 39.4 Å². The Morgan fingerprint density at radius 2 is 2.15 bits per heavy atom. The molecular weight excluding hydrogens is 276 g/mol. The van der Waals surface area contributed by atoms with E-state index in [1.807, 2.05) is 6.07 Å². The van der Waals surface area contributed by atoms with Crippen LogP contribution in [-0.2, 0) is 17.6 Å². The molecule has 1 fully saturated rings. The standard InChI is InChI=1S/C14H18N2O3S/c17-13(16-9-6-10(14(18)19)15-7-9)12-5-8-3-1-2-4-11(8)20-12/h5,9-10,15H,1-4,6-7H2,(H,16,17)(H,18,19)/t9-,10-/m0/s1. The average Bonchev–Trinajstić information content (AvgIpc) is 3.04. The topological polar surface area (TPSA) is 78.4 Å². The van der Waals surface area contributed by atoms with Crippen molar-refractivity contribution in [3.05, 3.63) is 21.4 Å². The molecule has 0 bridgehead atoms. The first-order valence-corrected chi connectivity index (χ1v) is 7.84. The normalized spacial score (nSPS) is 25.2. The molecule has 3 N–H and O–H groups in total. The van der Waals surface area contributed by atoms with Crippen molar-refractivity contribution in [2.24, 2.45) is 0 Å². The summed E-state index contributed by atoms with van der Waals surface area (Å²) in [5.74, 6) is -0.921. The van der Waals surface area contributed by atoms with E-state index in [0.29, 0.717) is 13.0 Å². The Balaban J connectivity index is 1.62. The molecule has 1 amide bonds. The molecule has 0 radical (unpaired) electrons. The van der Waals surface area contributed by atoms with Gasteiger partial charge >= 0.3 is 5.97 Å². The van der Waals surface area contributed by atoms with Crippen molar-refractivity contribution in [2.45, 2.75) is 44.2 Å². The lowest BCUT2D eigenvalue weighted by Crippen LogP contribution is -2.35. The van der Waals surface area contributed by atoms with E-state index >= 15 is 0 Å². The molecule has 0 aromatic carbocycles. The van der Waals surface area contributed by atoms with Crippen LogP contribution in [0.2, 0.25) is 0 Å². The Morgan fingerprint density at radius 1 is 1.35 bits per heavy atom. The fourth-order valence-corrected chi connectivity index (χ4v) is 4.05. The van der Waals surface area contributed by atoms with Crippen LogP contribution in [0, 0.1) is 0 Å². The van der Waals surface area contributed by atoms with Gasteiger partial charge in [-0.05, 0) is 43.7 Å². The van der Waals surface area contributed by atoms with E-state index in [1.165, 1.54) is 23.3 Å². The smallest absolute Gasteiger partial charge is 0.320 e. The van der Waals surface area contributed by atoms with Crippen molar-refractivity contribution in [2.75, 3.05) is 6.54 Å². The second-order valence-corrected chi connectivity index (χ2v) is 6.61. The predicted molar refractivity (Wildman–Crippen MR) is 76.3 cm³/mol. The van der Waals surface area contributed by atoms with Crippen molar-refractivity contribution in [1.29, 1.82) is 0 Å². The average molecular weight is 294 g/mol. The lowest BCUT2D eigenvalue weighted by Gasteiger charge is -2.10. The van der Waals surface area contributed by atoms with Crippen LogP contribution in [0.25, 0.3) is 0 Å². The van der Waals surface area contributed by atoms with Gasteiger partial charge < -0.3 is 15.7 Å². The summed E-state index contributed by atoms with van der Waals surface area (Å²) in [6.07, 6.45) is 5.02. The van der Waals surface area contributed by atoms with Crippen molar-refractivity contribution in [3.63, 3.8) is 0 Å². The first kappa shape index (κ1) is 13.6. The number of hydrogen-bond donors (Lipinski definition) is 3. The second kappa shape index (κ2) is 5.54. The fraction of sp³-hybridized carbons (Fsp3) is 0.571. The summed E-state index contributed by atoms with van der Waals surface area (Å²) in [5.41, 5.74) is 1.32. The van der Waals surface area contributed by atoms with E-state index in [4.69, 9.17) is 5.11 Å². The molecular formula is C14H18N2O3S. The molecule has 5 nitrogen and oxygen atoms in total. The maximum atomic E-state index is 12.2. The molecule has 0 unspecified atom stereocenters. The van der Waals surface area contributed by atoms with Gasteiger partial charge in [0, 0.05) is 17.5 Å². The zero-order chi connectivity index (χ0) is 14.1. The van der Waals surface area contributed by atoms with Gasteiger partial charge in [-0.25, -0.2) is 0 Å². The van der Waals surface area contributed by atoms with Crippen LogP contribution in [0.5, 0.6) is 0 Å². The quantitative estimate of drug-likeness (QED) is 0.782. The zero-order valence-electron chi connectivity index (χ0n) is 11.1. The van der Waals surface area contributed by atoms with Gasteiger partial charge in [-0.15, -0.1) is 11.3 Å². The summed E-state index contributed by atoms with van der Waals surface area (Å²) < 4.78 is 0. The molecule has 0 saturated carbocycles. The van der Waals surface area contributed by atoms with E-state index in [2.05, 4.69) is 10.6 Å². The molecule has 1 aliphatic carbocycles. The second-order valence-electron chi connectivity index (χ2n) is 5.47. The number of carboxylic acid groups (broad SMARTS) is 1. The molecule has 1 saturated heterocycles. The number of nitrogens with one attached hydrogen (secondary N) is 2. The third kappa shape index (κ3) is 2.71. The molecule has 3 rings (SSSR count). The molecule has 1 aromatic heterocycles. The Hall–Kier alpha value is -1.40. The van der Waals surface area contributed by atoms with Gasteiger partial charge in [0.25, 0.3) is 5.91 Å². The number of carboxylic acids is 1. The summed E-state index contributed by atoms with van der Waals surface area (Å²) in [6.45, 7) is 0.522. The van der Waals surface area contributed by atoms with E-state index in [-0.39, 0.29) is 11.9 Å². The van der Waals surface area contributed by atoms with Crippen LogP contribution >= 0.6 is 11.3 Å². The molecule has 1 aromatic rings. The van der Waals surface area contributed by atoms with Crippen LogP contribution in [0.4, 0.5) is 0 Å². The van der Waals surface area contributed by atoms with E-state index in [1.54, 1.807) is 11.3 Å². The first-order valence-electron chi connectivity index (χ1n) is 7.02. The largest absolute Gasteiger partial charge is 0.480 e. The lowest BCUT2D eigenvalue weighted by molar-refractivity contribution is -0.139. The first-order chi connectivity index (χ1) is 9.63. The molecule has 20 heavy (non-hydrogen) atoms. The number of aliphatic carboxylic acids is 1. The summed E-state index contributed by atoms with van der Waals surface area (Å²) in [6, 6.07) is 1.37. The number of fused-ring (bicyclic) bond motifs is 1. The molecule has 108 valence electrons. The Labute approximate surface area is 121 Å². The third-order valence-electron chi connectivity index (χ3n) is 3.98. The highest BCUT2D eigenvalue weighted by molar-refractivity contribution is 7.14. The Bertz CT molecular complexity index is 517. The van der Waals surface area contributed by atoms with E-state index in [0.717, 1.165) is 17.7 Å². The minimum atomic E-state index is -0.853. The van der Waals surface area contributed by atoms with Crippen molar-refractivity contribution >= 4 is 23.2 Å². The minimum absolute atomic E-state index is 0.0674. The number of amides is 1. The van der Waals surface area contributed by atoms with Gasteiger partial charge in [0.1, 0.15) is 6.04 Å². The summed E-state index contributed by atoms with van der Waals surface area (Å²) in [7, 11) is 0. The van der Waals surface area contributed by atoms with Crippen molar-refractivity contribution < 1.29 is 14.7 Å². The lowest BCUT2D eigenvalue weighted by atomic mass is 9.99. The summed E-state index contributed by atoms with van der Waals surface area (Å²) in [5, 5.41) is 14.8. The molecule has 1 aliphatic heterocycles. The summed E-state index contributed by atoms with van der Waals surface area (Å²) >= 11 is 1.59. The molecule has 6 heteroatoms. The van der Waals surface area contributed by atoms with Gasteiger partial charge in [0.15, 0.2) is 0 Å². The van der Waals surface area contributed by atoms with Crippen LogP contribution in [0.3, 0.4) is 0 Å². The van der Waals surface area contributed by atoms with E-state index < -0.39 is 12.0 Å². The monoisotopic (exact) mass is 294 g/mol. The SMILES string of the molecule is O=C(N[C@@H]1CN[C@H](C(=O)O)C1)c1cc2c(s1)CCCC2. The van der Waals surface area contributed by atoms with Gasteiger partial charge in [-0.2, -0.15) is 0 Å². The van der Waals surface area contributed by atoms with Crippen LogP contribution < -0.4 is 10.6 Å². The number of hydrogen-bond acceptors (Lipinski definition) is 4. The maximum absolute atomic E-state index is 12.2. The third-order valence-corrected chi connectivity index (χ3v) is 5.22. The minimum Gasteiger partial charge on any atom is -0.480 e. The van der Waals surface area contributed by atoms with Gasteiger partial charge in [0.05, 0.1) is 4.88 Å². The van der Waals surface area contributed by atoms with Crippen molar-refractivity contribution in [3.8, 4) is 0 Å². The van der Waals surface area contributed by atoms with Crippen LogP contribution in [0.15, 0.2) is 6.07 Å². The Kier molecular flexibility index (Phi) is 3.76. The number of carbonyl (C=O) groups excluding carboxylic acids is 1. The number of carbonyl (C=O) groups is 2. The van der Waals surface area contributed by atoms with E-state index in [9.17, 15) is 9.59 Å². The fourth-order valence-electron chi connectivity index (χ4n) is 2.89. The highest BCUT2D eigenvalue weighted by atomic mass is 32.1. The number of rotatable bonds is 3. The summed E-state index contributed by atoms with van der Waals surface area (Å²) in [4.78, 5) is 25.2. The zero-order valence-corrected chi connectivity index (χ0v) is 12.0. The molecule has 2 aliphatic rings. The van der Waals surface area contributed by atoms with Crippen LogP contribution in [-0.4, -0.2) is 35.6 Å². The molecule has 2 heterocycles. The van der Waals surface area contributed by atoms with Crippen molar-refractivity contribution in [1.82, 2.24) is 10.6 Å².